The Balaban J connectivity index is 1.40. The number of nitrogens with zero attached hydrogens (tertiary/aromatic N) is 3. The van der Waals surface area contributed by atoms with E-state index in [2.05, 4.69) is 83.9 Å². The molecule has 5 heteroatoms. The molecule has 0 spiro atoms. The summed E-state index contributed by atoms with van der Waals surface area (Å²) in [6.45, 7) is 4.55. The largest absolute Gasteiger partial charge is 0.366 e. The number of anilines is 1. The number of unbranched alkanes of at least 4 members (excludes halogenated alkanes) is 1. The van der Waals surface area contributed by atoms with Crippen molar-refractivity contribution in [3.8, 4) is 0 Å². The van der Waals surface area contributed by atoms with E-state index in [1.165, 1.54) is 21.9 Å². The molecule has 5 nitrogen and oxygen atoms in total. The third-order valence-corrected chi connectivity index (χ3v) is 6.34. The second-order valence-electron chi connectivity index (χ2n) is 8.90. The monoisotopic (exact) mass is 438 g/mol. The van der Waals surface area contributed by atoms with E-state index in [9.17, 15) is 4.79 Å². The van der Waals surface area contributed by atoms with Crippen LogP contribution < -0.4 is 10.2 Å². The van der Waals surface area contributed by atoms with Gasteiger partial charge in [0.2, 0.25) is 0 Å². The lowest BCUT2D eigenvalue weighted by molar-refractivity contribution is 0.0936. The molecule has 0 radical (unpaired) electrons. The number of fused-ring (bicyclic) bond motifs is 2. The van der Waals surface area contributed by atoms with Gasteiger partial charge in [-0.1, -0.05) is 80.1 Å². The van der Waals surface area contributed by atoms with Gasteiger partial charge >= 0.3 is 0 Å². The van der Waals surface area contributed by atoms with Gasteiger partial charge in [0.1, 0.15) is 0 Å². The lowest BCUT2D eigenvalue weighted by Gasteiger charge is -2.26. The van der Waals surface area contributed by atoms with Crippen molar-refractivity contribution >= 4 is 22.4 Å². The van der Waals surface area contributed by atoms with Crippen LogP contribution in [-0.4, -0.2) is 34.8 Å². The molecule has 1 amide bonds. The number of rotatable bonds is 7. The van der Waals surface area contributed by atoms with E-state index >= 15 is 0 Å². The van der Waals surface area contributed by atoms with E-state index in [0.29, 0.717) is 12.2 Å². The summed E-state index contributed by atoms with van der Waals surface area (Å²) in [6, 6.07) is 25.3. The number of nitrogens with one attached hydrogen (secondary N) is 1. The van der Waals surface area contributed by atoms with Crippen LogP contribution in [0.25, 0.3) is 10.8 Å². The van der Waals surface area contributed by atoms with Gasteiger partial charge in [-0.05, 0) is 40.8 Å². The molecule has 0 saturated carbocycles. The zero-order valence-electron chi connectivity index (χ0n) is 19.1. The summed E-state index contributed by atoms with van der Waals surface area (Å²) in [5, 5.41) is 10.4. The van der Waals surface area contributed by atoms with Gasteiger partial charge in [-0.25, -0.2) is 0 Å². The molecule has 1 atom stereocenters. The average molecular weight is 439 g/mol. The minimum Gasteiger partial charge on any atom is -0.366 e. The molecule has 168 valence electrons. The Morgan fingerprint density at radius 1 is 0.970 bits per heavy atom. The molecule has 1 N–H and O–H groups in total. The Morgan fingerprint density at radius 2 is 1.76 bits per heavy atom. The number of carbonyl (C=O) groups is 1. The van der Waals surface area contributed by atoms with Crippen LogP contribution in [0, 0.1) is 0 Å². The maximum Gasteiger partial charge on any atom is 0.274 e. The third-order valence-electron chi connectivity index (χ3n) is 6.34. The van der Waals surface area contributed by atoms with Gasteiger partial charge in [-0.2, -0.15) is 5.10 Å². The van der Waals surface area contributed by atoms with Crippen molar-refractivity contribution in [2.45, 2.75) is 38.8 Å². The van der Waals surface area contributed by atoms with Gasteiger partial charge in [0.05, 0.1) is 18.3 Å². The molecule has 2 heterocycles. The molecule has 0 aliphatic carbocycles. The van der Waals surface area contributed by atoms with Crippen molar-refractivity contribution in [3.63, 3.8) is 0 Å². The topological polar surface area (TPSA) is 50.2 Å². The molecule has 5 rings (SSSR count). The number of amides is 1. The minimum atomic E-state index is -0.0813. The molecule has 0 bridgehead atoms. The first kappa shape index (κ1) is 21.3. The molecular formula is C28H30N4O. The van der Waals surface area contributed by atoms with Crippen LogP contribution >= 0.6 is 0 Å². The zero-order valence-corrected chi connectivity index (χ0v) is 19.1. The fraction of sp³-hybridized carbons (Fsp3) is 0.286. The second kappa shape index (κ2) is 9.49. The lowest BCUT2D eigenvalue weighted by Crippen LogP contribution is -2.42. The highest BCUT2D eigenvalue weighted by Gasteiger charge is 2.29. The highest BCUT2D eigenvalue weighted by molar-refractivity contribution is 5.98. The van der Waals surface area contributed by atoms with Crippen molar-refractivity contribution in [2.24, 2.45) is 0 Å². The minimum absolute atomic E-state index is 0.0555. The first-order valence-electron chi connectivity index (χ1n) is 11.8. The summed E-state index contributed by atoms with van der Waals surface area (Å²) in [7, 11) is 0. The number of benzene rings is 3. The third kappa shape index (κ3) is 4.77. The SMILES string of the molecule is CCCCN1C[C@@H](Cc2ccccc2)NC(=O)c2nn(Cc3ccc4ccccc4c3)cc21. The van der Waals surface area contributed by atoms with Crippen molar-refractivity contribution in [2.75, 3.05) is 18.0 Å². The molecule has 1 aliphatic heterocycles. The maximum absolute atomic E-state index is 13.2. The first-order valence-corrected chi connectivity index (χ1v) is 11.8. The number of hydrogen-bond acceptors (Lipinski definition) is 3. The van der Waals surface area contributed by atoms with Gasteiger partial charge in [-0.15, -0.1) is 0 Å². The Morgan fingerprint density at radius 3 is 2.58 bits per heavy atom. The summed E-state index contributed by atoms with van der Waals surface area (Å²) in [6.07, 6.45) is 5.06. The van der Waals surface area contributed by atoms with Crippen LogP contribution in [0.3, 0.4) is 0 Å². The number of carbonyl (C=O) groups excluding carboxylic acids is 1. The molecule has 33 heavy (non-hydrogen) atoms. The van der Waals surface area contributed by atoms with Gasteiger partial charge in [0, 0.05) is 19.3 Å². The van der Waals surface area contributed by atoms with Crippen LogP contribution in [0.15, 0.2) is 79.0 Å². The molecule has 1 aromatic heterocycles. The summed E-state index contributed by atoms with van der Waals surface area (Å²) in [5.41, 5.74) is 3.88. The normalized spacial score (nSPS) is 15.8. The molecule has 0 saturated heterocycles. The summed E-state index contributed by atoms with van der Waals surface area (Å²) in [4.78, 5) is 15.5. The fourth-order valence-corrected chi connectivity index (χ4v) is 4.65. The Bertz CT molecular complexity index is 1250. The summed E-state index contributed by atoms with van der Waals surface area (Å²) in [5.74, 6) is -0.0813. The van der Waals surface area contributed by atoms with Gasteiger partial charge < -0.3 is 10.2 Å². The summed E-state index contributed by atoms with van der Waals surface area (Å²) >= 11 is 0. The highest BCUT2D eigenvalue weighted by atomic mass is 16.2. The molecule has 1 aliphatic rings. The van der Waals surface area contributed by atoms with Crippen molar-refractivity contribution in [1.29, 1.82) is 0 Å². The van der Waals surface area contributed by atoms with Crippen LogP contribution in [0.1, 0.15) is 41.4 Å². The van der Waals surface area contributed by atoms with Crippen molar-refractivity contribution in [3.05, 3.63) is 95.8 Å². The van der Waals surface area contributed by atoms with E-state index in [1.54, 1.807) is 0 Å². The van der Waals surface area contributed by atoms with Crippen LogP contribution in [0.4, 0.5) is 5.69 Å². The summed E-state index contributed by atoms with van der Waals surface area (Å²) < 4.78 is 1.91. The van der Waals surface area contributed by atoms with Gasteiger partial charge in [0.15, 0.2) is 5.69 Å². The fourth-order valence-electron chi connectivity index (χ4n) is 4.65. The predicted molar refractivity (Wildman–Crippen MR) is 134 cm³/mol. The molecular weight excluding hydrogens is 408 g/mol. The number of aromatic nitrogens is 2. The highest BCUT2D eigenvalue weighted by Crippen LogP contribution is 2.25. The maximum atomic E-state index is 13.2. The van der Waals surface area contributed by atoms with E-state index < -0.39 is 0 Å². The van der Waals surface area contributed by atoms with Crippen LogP contribution in [0.5, 0.6) is 0 Å². The molecule has 3 aromatic carbocycles. The quantitative estimate of drug-likeness (QED) is 0.439. The predicted octanol–water partition coefficient (Wildman–Crippen LogP) is 5.05. The van der Waals surface area contributed by atoms with Crippen molar-refractivity contribution in [1.82, 2.24) is 15.1 Å². The van der Waals surface area contributed by atoms with Gasteiger partial charge in [0.25, 0.3) is 5.91 Å². The zero-order chi connectivity index (χ0) is 22.6. The average Bonchev–Trinajstić information content (AvgIpc) is 3.21. The first-order chi connectivity index (χ1) is 16.2. The molecule has 0 fully saturated rings. The Kier molecular flexibility index (Phi) is 6.11. The molecule has 4 aromatic rings. The van der Waals surface area contributed by atoms with Crippen molar-refractivity contribution < 1.29 is 4.79 Å². The molecule has 0 unspecified atom stereocenters. The van der Waals surface area contributed by atoms with Crippen LogP contribution in [0.2, 0.25) is 0 Å². The number of hydrogen-bond donors (Lipinski definition) is 1. The smallest absolute Gasteiger partial charge is 0.274 e. The van der Waals surface area contributed by atoms with Crippen LogP contribution in [-0.2, 0) is 13.0 Å². The lowest BCUT2D eigenvalue weighted by atomic mass is 10.1. The van der Waals surface area contributed by atoms with E-state index in [1.807, 2.05) is 16.9 Å². The van der Waals surface area contributed by atoms with E-state index in [4.69, 9.17) is 5.10 Å². The Labute approximate surface area is 195 Å². The van der Waals surface area contributed by atoms with E-state index in [0.717, 1.165) is 38.0 Å². The Hall–Kier alpha value is -3.60. The standard InChI is InChI=1S/C28H30N4O/c1-2-3-15-31-19-25(17-21-9-5-4-6-10-21)29-28(33)27-26(31)20-32(30-27)18-22-13-14-23-11-7-8-12-24(23)16-22/h4-14,16,20,25H,2-3,15,17-19H2,1H3,(H,29,33)/t25-/m1/s1. The second-order valence-corrected chi connectivity index (χ2v) is 8.90. The van der Waals surface area contributed by atoms with Gasteiger partial charge in [-0.3, -0.25) is 9.48 Å². The van der Waals surface area contributed by atoms with E-state index in [-0.39, 0.29) is 11.9 Å².